The van der Waals surface area contributed by atoms with Gasteiger partial charge in [0.05, 0.1) is 17.1 Å². The molecule has 0 bridgehead atoms. The van der Waals surface area contributed by atoms with E-state index in [4.69, 9.17) is 17.2 Å². The number of rotatable bonds is 1. The quantitative estimate of drug-likeness (QED) is 0.635. The molecule has 0 radical (unpaired) electrons. The molecule has 15 heavy (non-hydrogen) atoms. The van der Waals surface area contributed by atoms with Gasteiger partial charge in [-0.25, -0.2) is 4.98 Å². The van der Waals surface area contributed by atoms with Gasteiger partial charge in [-0.15, -0.1) is 0 Å². The van der Waals surface area contributed by atoms with Crippen molar-refractivity contribution in [1.82, 2.24) is 9.97 Å². The Morgan fingerprint density at radius 2 is 1.93 bits per heavy atom. The van der Waals surface area contributed by atoms with Crippen molar-refractivity contribution in [2.45, 2.75) is 0 Å². The molecule has 0 aliphatic rings. The topological polar surface area (TPSA) is 104 Å². The summed E-state index contributed by atoms with van der Waals surface area (Å²) in [6, 6.07) is 5.38. The van der Waals surface area contributed by atoms with Crippen LogP contribution in [-0.4, -0.2) is 9.97 Å². The summed E-state index contributed by atoms with van der Waals surface area (Å²) in [4.78, 5) is 8.13. The van der Waals surface area contributed by atoms with Crippen molar-refractivity contribution in [3.05, 3.63) is 30.6 Å². The van der Waals surface area contributed by atoms with E-state index in [0.717, 1.165) is 5.56 Å². The maximum atomic E-state index is 5.69. The fraction of sp³-hybridized carbons (Fsp3) is 0. The molecule has 0 atom stereocenters. The second kappa shape index (κ2) is 3.45. The Kier molecular flexibility index (Phi) is 2.13. The first-order chi connectivity index (χ1) is 7.18. The van der Waals surface area contributed by atoms with Crippen molar-refractivity contribution in [3.8, 4) is 11.3 Å². The van der Waals surface area contributed by atoms with Crippen LogP contribution >= 0.6 is 0 Å². The molecule has 5 nitrogen and oxygen atoms in total. The van der Waals surface area contributed by atoms with E-state index in [1.807, 2.05) is 12.1 Å². The number of aromatic nitrogens is 2. The van der Waals surface area contributed by atoms with E-state index in [9.17, 15) is 0 Å². The standard InChI is InChI=1S/C10H11N5/c11-7-4-8(15-10(13)9(7)12)6-2-1-3-14-5-6/h1-5H,12H2,(H4,11,13,15). The number of pyridine rings is 2. The number of hydrogen-bond acceptors (Lipinski definition) is 5. The van der Waals surface area contributed by atoms with E-state index in [1.165, 1.54) is 0 Å². The molecule has 0 aliphatic carbocycles. The van der Waals surface area contributed by atoms with Crippen LogP contribution in [0.5, 0.6) is 0 Å². The molecule has 0 saturated heterocycles. The van der Waals surface area contributed by atoms with Crippen LogP contribution in [0, 0.1) is 0 Å². The van der Waals surface area contributed by atoms with Crippen LogP contribution in [0.2, 0.25) is 0 Å². The molecule has 0 spiro atoms. The number of nitrogen functional groups attached to an aromatic ring is 3. The smallest absolute Gasteiger partial charge is 0.149 e. The van der Waals surface area contributed by atoms with Crippen molar-refractivity contribution in [3.63, 3.8) is 0 Å². The van der Waals surface area contributed by atoms with E-state index >= 15 is 0 Å². The largest absolute Gasteiger partial charge is 0.397 e. The highest BCUT2D eigenvalue weighted by atomic mass is 14.9. The molecule has 0 amide bonds. The van der Waals surface area contributed by atoms with Crippen molar-refractivity contribution < 1.29 is 0 Å². The van der Waals surface area contributed by atoms with Crippen molar-refractivity contribution >= 4 is 17.2 Å². The Bertz CT molecular complexity index is 457. The Balaban J connectivity index is 2.56. The first-order valence-electron chi connectivity index (χ1n) is 4.40. The minimum absolute atomic E-state index is 0.244. The molecule has 0 saturated carbocycles. The Labute approximate surface area is 86.9 Å². The lowest BCUT2D eigenvalue weighted by Crippen LogP contribution is -2.03. The highest BCUT2D eigenvalue weighted by molar-refractivity contribution is 5.79. The Morgan fingerprint density at radius 3 is 2.53 bits per heavy atom. The molecule has 6 N–H and O–H groups in total. The molecule has 5 heteroatoms. The number of anilines is 3. The highest BCUT2D eigenvalue weighted by Gasteiger charge is 2.06. The van der Waals surface area contributed by atoms with Gasteiger partial charge in [0.2, 0.25) is 0 Å². The van der Waals surface area contributed by atoms with Crippen LogP contribution in [0.15, 0.2) is 30.6 Å². The van der Waals surface area contributed by atoms with E-state index in [1.54, 1.807) is 18.5 Å². The van der Waals surface area contributed by atoms with Crippen LogP contribution in [0.1, 0.15) is 0 Å². The van der Waals surface area contributed by atoms with Gasteiger partial charge in [0.1, 0.15) is 5.82 Å². The summed E-state index contributed by atoms with van der Waals surface area (Å²) < 4.78 is 0. The minimum atomic E-state index is 0.244. The third kappa shape index (κ3) is 1.67. The molecule has 0 aromatic carbocycles. The third-order valence-electron chi connectivity index (χ3n) is 2.08. The molecular formula is C10H11N5. The highest BCUT2D eigenvalue weighted by Crippen LogP contribution is 2.26. The van der Waals surface area contributed by atoms with Crippen molar-refractivity contribution in [1.29, 1.82) is 0 Å². The lowest BCUT2D eigenvalue weighted by Gasteiger charge is -2.06. The summed E-state index contributed by atoms with van der Waals surface area (Å²) in [5, 5.41) is 0. The molecule has 2 aromatic rings. The van der Waals surface area contributed by atoms with E-state index < -0.39 is 0 Å². The van der Waals surface area contributed by atoms with Gasteiger partial charge in [-0.2, -0.15) is 0 Å². The zero-order valence-corrected chi connectivity index (χ0v) is 8.01. The lowest BCUT2D eigenvalue weighted by atomic mass is 10.1. The zero-order valence-electron chi connectivity index (χ0n) is 8.01. The first-order valence-corrected chi connectivity index (χ1v) is 4.40. The zero-order chi connectivity index (χ0) is 10.8. The second-order valence-corrected chi connectivity index (χ2v) is 3.14. The normalized spacial score (nSPS) is 10.1. The predicted octanol–water partition coefficient (Wildman–Crippen LogP) is 0.890. The molecule has 2 heterocycles. The van der Waals surface area contributed by atoms with Gasteiger partial charge in [0.25, 0.3) is 0 Å². The molecular weight excluding hydrogens is 190 g/mol. The SMILES string of the molecule is Nc1cc(-c2cccnc2)nc(N)c1N. The van der Waals surface area contributed by atoms with Crippen LogP contribution in [0.25, 0.3) is 11.3 Å². The number of nitrogens with two attached hydrogens (primary N) is 3. The van der Waals surface area contributed by atoms with Gasteiger partial charge in [-0.3, -0.25) is 4.98 Å². The summed E-state index contributed by atoms with van der Waals surface area (Å²) in [6.45, 7) is 0. The first kappa shape index (κ1) is 9.26. The molecule has 2 rings (SSSR count). The van der Waals surface area contributed by atoms with Crippen molar-refractivity contribution in [2.75, 3.05) is 17.2 Å². The van der Waals surface area contributed by atoms with Gasteiger partial charge in [0.15, 0.2) is 0 Å². The molecule has 2 aromatic heterocycles. The van der Waals surface area contributed by atoms with E-state index in [2.05, 4.69) is 9.97 Å². The van der Waals surface area contributed by atoms with Gasteiger partial charge in [-0.1, -0.05) is 0 Å². The van der Waals surface area contributed by atoms with E-state index in [-0.39, 0.29) is 5.82 Å². The summed E-state index contributed by atoms with van der Waals surface area (Å²) >= 11 is 0. The molecule has 0 aliphatic heterocycles. The van der Waals surface area contributed by atoms with Gasteiger partial charge in [0, 0.05) is 18.0 Å². The summed E-state index contributed by atoms with van der Waals surface area (Å²) in [5.41, 5.74) is 19.2. The summed E-state index contributed by atoms with van der Waals surface area (Å²) in [6.07, 6.45) is 3.38. The van der Waals surface area contributed by atoms with Crippen LogP contribution in [0.4, 0.5) is 17.2 Å². The fourth-order valence-electron chi connectivity index (χ4n) is 1.26. The fourth-order valence-corrected chi connectivity index (χ4v) is 1.26. The molecule has 76 valence electrons. The van der Waals surface area contributed by atoms with Gasteiger partial charge < -0.3 is 17.2 Å². The van der Waals surface area contributed by atoms with Crippen LogP contribution in [0.3, 0.4) is 0 Å². The third-order valence-corrected chi connectivity index (χ3v) is 2.08. The molecule has 0 unspecified atom stereocenters. The molecule has 0 fully saturated rings. The predicted molar refractivity (Wildman–Crippen MR) is 60.7 cm³/mol. The maximum absolute atomic E-state index is 5.69. The minimum Gasteiger partial charge on any atom is -0.397 e. The van der Waals surface area contributed by atoms with Gasteiger partial charge in [-0.05, 0) is 18.2 Å². The number of nitrogens with zero attached hydrogens (tertiary/aromatic N) is 2. The summed E-state index contributed by atoms with van der Waals surface area (Å²) in [7, 11) is 0. The second-order valence-electron chi connectivity index (χ2n) is 3.14. The maximum Gasteiger partial charge on any atom is 0.149 e. The Hall–Kier alpha value is -2.30. The number of hydrogen-bond donors (Lipinski definition) is 3. The average Bonchev–Trinajstić information content (AvgIpc) is 2.26. The lowest BCUT2D eigenvalue weighted by molar-refractivity contribution is 1.28. The average molecular weight is 201 g/mol. The monoisotopic (exact) mass is 201 g/mol. The van der Waals surface area contributed by atoms with E-state index in [0.29, 0.717) is 17.1 Å². The Morgan fingerprint density at radius 1 is 1.13 bits per heavy atom. The van der Waals surface area contributed by atoms with Crippen molar-refractivity contribution in [2.24, 2.45) is 0 Å². The van der Waals surface area contributed by atoms with Gasteiger partial charge >= 0.3 is 0 Å². The van der Waals surface area contributed by atoms with Crippen LogP contribution < -0.4 is 17.2 Å². The summed E-state index contributed by atoms with van der Waals surface area (Å²) in [5.74, 6) is 0.244. The van der Waals surface area contributed by atoms with Crippen LogP contribution in [-0.2, 0) is 0 Å².